The molecule has 3 rings (SSSR count). The topological polar surface area (TPSA) is 26.0 Å². The Labute approximate surface area is 102 Å². The van der Waals surface area contributed by atoms with Gasteiger partial charge in [-0.1, -0.05) is 12.5 Å². The molecule has 1 aromatic carbocycles. The van der Waals surface area contributed by atoms with Crippen LogP contribution in [0.1, 0.15) is 30.4 Å². The smallest absolute Gasteiger partial charge is 0.123 e. The largest absolute Gasteiger partial charge is 0.327 e. The SMILES string of the molecule is Cc1cc(F)ccc1CC(N)C1C2CCCC21. The molecule has 2 aliphatic carbocycles. The summed E-state index contributed by atoms with van der Waals surface area (Å²) in [5, 5.41) is 0. The van der Waals surface area contributed by atoms with Crippen molar-refractivity contribution in [2.45, 2.75) is 38.6 Å². The fourth-order valence-corrected chi connectivity index (χ4v) is 3.79. The zero-order valence-corrected chi connectivity index (χ0v) is 10.3. The number of halogens is 1. The summed E-state index contributed by atoms with van der Waals surface area (Å²) in [6.45, 7) is 1.97. The van der Waals surface area contributed by atoms with Crippen LogP contribution in [0.3, 0.4) is 0 Å². The van der Waals surface area contributed by atoms with Crippen molar-refractivity contribution >= 4 is 0 Å². The quantitative estimate of drug-likeness (QED) is 0.853. The number of aryl methyl sites for hydroxylation is 1. The zero-order valence-electron chi connectivity index (χ0n) is 10.3. The maximum atomic E-state index is 13.0. The average molecular weight is 233 g/mol. The van der Waals surface area contributed by atoms with Gasteiger partial charge in [0.2, 0.25) is 0 Å². The van der Waals surface area contributed by atoms with Gasteiger partial charge in [0.1, 0.15) is 5.82 Å². The first-order valence-corrected chi connectivity index (χ1v) is 6.67. The number of nitrogens with two attached hydrogens (primary N) is 1. The summed E-state index contributed by atoms with van der Waals surface area (Å²) in [5.74, 6) is 2.41. The lowest BCUT2D eigenvalue weighted by molar-refractivity contribution is 0.483. The van der Waals surface area contributed by atoms with Crippen LogP contribution in [-0.2, 0) is 6.42 Å². The highest BCUT2D eigenvalue weighted by Gasteiger charge is 2.54. The lowest BCUT2D eigenvalue weighted by Crippen LogP contribution is -2.27. The van der Waals surface area contributed by atoms with E-state index >= 15 is 0 Å². The third kappa shape index (κ3) is 1.99. The minimum absolute atomic E-state index is 0.150. The molecule has 0 amide bonds. The molecule has 3 atom stereocenters. The van der Waals surface area contributed by atoms with E-state index in [1.165, 1.54) is 24.8 Å². The molecule has 0 aliphatic heterocycles. The normalized spacial score (nSPS) is 32.3. The minimum Gasteiger partial charge on any atom is -0.327 e. The van der Waals surface area contributed by atoms with Gasteiger partial charge < -0.3 is 5.73 Å². The first-order chi connectivity index (χ1) is 8.16. The summed E-state index contributed by atoms with van der Waals surface area (Å²) in [5.41, 5.74) is 8.56. The van der Waals surface area contributed by atoms with Gasteiger partial charge in [0.05, 0.1) is 0 Å². The van der Waals surface area contributed by atoms with Crippen LogP contribution < -0.4 is 5.73 Å². The number of rotatable bonds is 3. The lowest BCUT2D eigenvalue weighted by atomic mass is 9.95. The molecule has 0 aromatic heterocycles. The number of hydrogen-bond acceptors (Lipinski definition) is 1. The predicted octanol–water partition coefficient (Wildman–Crippen LogP) is 3.05. The molecule has 17 heavy (non-hydrogen) atoms. The molecule has 0 bridgehead atoms. The van der Waals surface area contributed by atoms with E-state index in [9.17, 15) is 4.39 Å². The van der Waals surface area contributed by atoms with E-state index in [-0.39, 0.29) is 11.9 Å². The van der Waals surface area contributed by atoms with Crippen molar-refractivity contribution in [2.24, 2.45) is 23.5 Å². The van der Waals surface area contributed by atoms with Gasteiger partial charge in [-0.2, -0.15) is 0 Å². The second-order valence-electron chi connectivity index (χ2n) is 5.77. The second-order valence-corrected chi connectivity index (χ2v) is 5.77. The highest BCUT2D eigenvalue weighted by atomic mass is 19.1. The first kappa shape index (κ1) is 11.2. The fourth-order valence-electron chi connectivity index (χ4n) is 3.79. The van der Waals surface area contributed by atoms with Crippen LogP contribution in [0, 0.1) is 30.5 Å². The third-order valence-corrected chi connectivity index (χ3v) is 4.73. The summed E-state index contributed by atoms with van der Waals surface area (Å²) in [4.78, 5) is 0. The van der Waals surface area contributed by atoms with Gasteiger partial charge in [-0.15, -0.1) is 0 Å². The molecule has 0 heterocycles. The van der Waals surface area contributed by atoms with Crippen molar-refractivity contribution in [2.75, 3.05) is 0 Å². The van der Waals surface area contributed by atoms with Gasteiger partial charge in [-0.25, -0.2) is 4.39 Å². The molecule has 92 valence electrons. The van der Waals surface area contributed by atoms with Crippen molar-refractivity contribution in [1.29, 1.82) is 0 Å². The van der Waals surface area contributed by atoms with Crippen LogP contribution in [0.4, 0.5) is 4.39 Å². The van der Waals surface area contributed by atoms with E-state index in [0.717, 1.165) is 29.7 Å². The summed E-state index contributed by atoms with van der Waals surface area (Å²) < 4.78 is 13.0. The van der Waals surface area contributed by atoms with Crippen LogP contribution >= 0.6 is 0 Å². The summed E-state index contributed by atoms with van der Waals surface area (Å²) in [6.07, 6.45) is 5.06. The highest BCUT2D eigenvalue weighted by Crippen LogP contribution is 2.58. The van der Waals surface area contributed by atoms with E-state index in [1.54, 1.807) is 12.1 Å². The van der Waals surface area contributed by atoms with Crippen molar-refractivity contribution < 1.29 is 4.39 Å². The molecule has 2 saturated carbocycles. The fraction of sp³-hybridized carbons (Fsp3) is 0.600. The Hall–Kier alpha value is -0.890. The Morgan fingerprint density at radius 1 is 1.35 bits per heavy atom. The van der Waals surface area contributed by atoms with Crippen molar-refractivity contribution in [3.63, 3.8) is 0 Å². The number of hydrogen-bond donors (Lipinski definition) is 1. The van der Waals surface area contributed by atoms with Crippen molar-refractivity contribution in [1.82, 2.24) is 0 Å². The van der Waals surface area contributed by atoms with Gasteiger partial charge in [0.25, 0.3) is 0 Å². The average Bonchev–Trinajstić information content (AvgIpc) is 2.77. The van der Waals surface area contributed by atoms with Crippen LogP contribution in [0.2, 0.25) is 0 Å². The van der Waals surface area contributed by atoms with E-state index in [4.69, 9.17) is 5.73 Å². The Kier molecular flexibility index (Phi) is 2.70. The molecule has 0 radical (unpaired) electrons. The van der Waals surface area contributed by atoms with E-state index in [2.05, 4.69) is 0 Å². The zero-order chi connectivity index (χ0) is 12.0. The third-order valence-electron chi connectivity index (χ3n) is 4.73. The molecule has 1 nitrogen and oxygen atoms in total. The Bertz CT molecular complexity index is 419. The van der Waals surface area contributed by atoms with Gasteiger partial charge in [-0.05, 0) is 67.2 Å². The molecule has 3 unspecified atom stereocenters. The Morgan fingerprint density at radius 2 is 2.06 bits per heavy atom. The molecule has 0 spiro atoms. The van der Waals surface area contributed by atoms with Gasteiger partial charge in [0, 0.05) is 6.04 Å². The molecule has 1 aromatic rings. The van der Waals surface area contributed by atoms with Gasteiger partial charge in [0.15, 0.2) is 0 Å². The minimum atomic E-state index is -0.150. The van der Waals surface area contributed by atoms with Crippen LogP contribution in [0.15, 0.2) is 18.2 Å². The van der Waals surface area contributed by atoms with Gasteiger partial charge in [-0.3, -0.25) is 0 Å². The first-order valence-electron chi connectivity index (χ1n) is 6.67. The molecule has 2 aliphatic rings. The van der Waals surface area contributed by atoms with Crippen LogP contribution in [-0.4, -0.2) is 6.04 Å². The summed E-state index contributed by atoms with van der Waals surface area (Å²) in [7, 11) is 0. The standard InChI is InChI=1S/C15H20FN/c1-9-7-11(16)6-5-10(9)8-14(17)15-12-3-2-4-13(12)15/h5-7,12-15H,2-4,8,17H2,1H3. The number of benzene rings is 1. The molecule has 0 saturated heterocycles. The molecule has 2 N–H and O–H groups in total. The maximum Gasteiger partial charge on any atom is 0.123 e. The second kappa shape index (κ2) is 4.09. The van der Waals surface area contributed by atoms with E-state index in [0.29, 0.717) is 0 Å². The molecule has 2 heteroatoms. The van der Waals surface area contributed by atoms with Crippen LogP contribution in [0.25, 0.3) is 0 Å². The van der Waals surface area contributed by atoms with E-state index < -0.39 is 0 Å². The van der Waals surface area contributed by atoms with Crippen molar-refractivity contribution in [3.05, 3.63) is 35.1 Å². The van der Waals surface area contributed by atoms with Crippen molar-refractivity contribution in [3.8, 4) is 0 Å². The van der Waals surface area contributed by atoms with Gasteiger partial charge >= 0.3 is 0 Å². The van der Waals surface area contributed by atoms with E-state index in [1.807, 2.05) is 13.0 Å². The molecular weight excluding hydrogens is 213 g/mol. The lowest BCUT2D eigenvalue weighted by Gasteiger charge is -2.15. The monoisotopic (exact) mass is 233 g/mol. The maximum absolute atomic E-state index is 13.0. The molecule has 2 fully saturated rings. The summed E-state index contributed by atoms with van der Waals surface area (Å²) >= 11 is 0. The Balaban J connectivity index is 1.66. The predicted molar refractivity (Wildman–Crippen MR) is 67.1 cm³/mol. The Morgan fingerprint density at radius 3 is 2.71 bits per heavy atom. The van der Waals surface area contributed by atoms with Crippen LogP contribution in [0.5, 0.6) is 0 Å². The number of fused-ring (bicyclic) bond motifs is 1. The molecular formula is C15H20FN. The summed E-state index contributed by atoms with van der Waals surface area (Å²) in [6, 6.07) is 5.32. The highest BCUT2D eigenvalue weighted by molar-refractivity contribution is 5.28.